The standard InChI is InChI=1S/C16H19NO2/c1-2-19-16(18)14-8-6-13(7-9-14)15-5-3-4-12(10-15)11-17/h3-5,10,13-14H,2,6-9H2,1H3. The van der Waals surface area contributed by atoms with Crippen molar-refractivity contribution >= 4 is 5.97 Å². The first kappa shape index (κ1) is 13.6. The van der Waals surface area contributed by atoms with Crippen LogP contribution in [0, 0.1) is 17.2 Å². The summed E-state index contributed by atoms with van der Waals surface area (Å²) in [5.41, 5.74) is 1.94. The molecule has 0 amide bonds. The van der Waals surface area contributed by atoms with Gasteiger partial charge in [0, 0.05) is 0 Å². The number of nitriles is 1. The average molecular weight is 257 g/mol. The van der Waals surface area contributed by atoms with Crippen LogP contribution in [0.25, 0.3) is 0 Å². The van der Waals surface area contributed by atoms with E-state index in [1.807, 2.05) is 25.1 Å². The Morgan fingerprint density at radius 1 is 1.37 bits per heavy atom. The molecule has 100 valence electrons. The summed E-state index contributed by atoms with van der Waals surface area (Å²) in [5, 5.41) is 8.92. The highest BCUT2D eigenvalue weighted by Crippen LogP contribution is 2.36. The van der Waals surface area contributed by atoms with Crippen LogP contribution in [0.3, 0.4) is 0 Å². The fourth-order valence-corrected chi connectivity index (χ4v) is 2.78. The van der Waals surface area contributed by atoms with Crippen LogP contribution in [0.15, 0.2) is 24.3 Å². The van der Waals surface area contributed by atoms with Crippen molar-refractivity contribution in [2.75, 3.05) is 6.61 Å². The molecule has 0 spiro atoms. The van der Waals surface area contributed by atoms with E-state index in [0.717, 1.165) is 25.7 Å². The molecule has 1 aromatic rings. The maximum Gasteiger partial charge on any atom is 0.308 e. The summed E-state index contributed by atoms with van der Waals surface area (Å²) < 4.78 is 5.08. The Kier molecular flexibility index (Phi) is 4.57. The van der Waals surface area contributed by atoms with Crippen LogP contribution in [-0.2, 0) is 9.53 Å². The second-order valence-corrected chi connectivity index (χ2v) is 5.04. The molecule has 0 atom stereocenters. The minimum Gasteiger partial charge on any atom is -0.466 e. The van der Waals surface area contributed by atoms with Gasteiger partial charge in [-0.3, -0.25) is 4.79 Å². The van der Waals surface area contributed by atoms with Gasteiger partial charge in [-0.05, 0) is 56.2 Å². The number of benzene rings is 1. The van der Waals surface area contributed by atoms with Crippen molar-refractivity contribution in [2.24, 2.45) is 5.92 Å². The Morgan fingerprint density at radius 3 is 2.74 bits per heavy atom. The zero-order valence-corrected chi connectivity index (χ0v) is 11.3. The van der Waals surface area contributed by atoms with Gasteiger partial charge in [0.1, 0.15) is 0 Å². The quantitative estimate of drug-likeness (QED) is 0.780. The first-order chi connectivity index (χ1) is 9.24. The van der Waals surface area contributed by atoms with Crippen LogP contribution in [-0.4, -0.2) is 12.6 Å². The van der Waals surface area contributed by atoms with Crippen LogP contribution < -0.4 is 0 Å². The van der Waals surface area contributed by atoms with Gasteiger partial charge < -0.3 is 4.74 Å². The van der Waals surface area contributed by atoms with Crippen molar-refractivity contribution in [3.8, 4) is 6.07 Å². The fourth-order valence-electron chi connectivity index (χ4n) is 2.78. The van der Waals surface area contributed by atoms with Crippen molar-refractivity contribution in [3.05, 3.63) is 35.4 Å². The Hall–Kier alpha value is -1.82. The molecule has 0 N–H and O–H groups in total. The Bertz CT molecular complexity index is 482. The van der Waals surface area contributed by atoms with Crippen LogP contribution in [0.4, 0.5) is 0 Å². The molecule has 1 aromatic carbocycles. The highest BCUT2D eigenvalue weighted by molar-refractivity contribution is 5.72. The van der Waals surface area contributed by atoms with Gasteiger partial charge in [0.15, 0.2) is 0 Å². The Labute approximate surface area is 114 Å². The molecule has 3 heteroatoms. The molecule has 1 aliphatic carbocycles. The first-order valence-electron chi connectivity index (χ1n) is 6.91. The molecule has 1 fully saturated rings. The van der Waals surface area contributed by atoms with E-state index in [1.165, 1.54) is 5.56 Å². The van der Waals surface area contributed by atoms with Gasteiger partial charge in [-0.15, -0.1) is 0 Å². The maximum atomic E-state index is 11.7. The zero-order chi connectivity index (χ0) is 13.7. The lowest BCUT2D eigenvalue weighted by atomic mass is 9.78. The van der Waals surface area contributed by atoms with Crippen molar-refractivity contribution in [3.63, 3.8) is 0 Å². The zero-order valence-electron chi connectivity index (χ0n) is 11.3. The van der Waals surface area contributed by atoms with Gasteiger partial charge in [0.05, 0.1) is 24.2 Å². The Morgan fingerprint density at radius 2 is 2.11 bits per heavy atom. The maximum absolute atomic E-state index is 11.7. The van der Waals surface area contributed by atoms with E-state index < -0.39 is 0 Å². The molecule has 2 rings (SSSR count). The first-order valence-corrected chi connectivity index (χ1v) is 6.91. The molecule has 0 heterocycles. The predicted octanol–water partition coefficient (Wildman–Crippen LogP) is 3.40. The number of ether oxygens (including phenoxy) is 1. The fraction of sp³-hybridized carbons (Fsp3) is 0.500. The summed E-state index contributed by atoms with van der Waals surface area (Å²) in [7, 11) is 0. The van der Waals surface area contributed by atoms with Crippen molar-refractivity contribution < 1.29 is 9.53 Å². The summed E-state index contributed by atoms with van der Waals surface area (Å²) in [5.74, 6) is 0.487. The van der Waals surface area contributed by atoms with Crippen molar-refractivity contribution in [1.29, 1.82) is 5.26 Å². The molecule has 0 bridgehead atoms. The van der Waals surface area contributed by atoms with E-state index in [-0.39, 0.29) is 11.9 Å². The predicted molar refractivity (Wildman–Crippen MR) is 72.5 cm³/mol. The summed E-state index contributed by atoms with van der Waals surface area (Å²) in [6.07, 6.45) is 3.78. The van der Waals surface area contributed by atoms with Gasteiger partial charge in [0.25, 0.3) is 0 Å². The van der Waals surface area contributed by atoms with E-state index >= 15 is 0 Å². The Balaban J connectivity index is 1.96. The van der Waals surface area contributed by atoms with E-state index in [0.29, 0.717) is 18.1 Å². The van der Waals surface area contributed by atoms with E-state index in [9.17, 15) is 4.79 Å². The molecule has 0 aliphatic heterocycles. The highest BCUT2D eigenvalue weighted by atomic mass is 16.5. The third-order valence-corrected chi connectivity index (χ3v) is 3.83. The molecule has 1 saturated carbocycles. The lowest BCUT2D eigenvalue weighted by Gasteiger charge is -2.27. The van der Waals surface area contributed by atoms with Gasteiger partial charge >= 0.3 is 5.97 Å². The van der Waals surface area contributed by atoms with Crippen LogP contribution in [0.1, 0.15) is 49.7 Å². The number of carbonyl (C=O) groups is 1. The SMILES string of the molecule is CCOC(=O)C1CCC(c2cccc(C#N)c2)CC1. The number of rotatable bonds is 3. The molecule has 0 aromatic heterocycles. The number of hydrogen-bond donors (Lipinski definition) is 0. The van der Waals surface area contributed by atoms with Crippen molar-refractivity contribution in [1.82, 2.24) is 0 Å². The minimum absolute atomic E-state index is 0.0493. The van der Waals surface area contributed by atoms with Crippen LogP contribution in [0.5, 0.6) is 0 Å². The number of nitrogens with zero attached hydrogens (tertiary/aromatic N) is 1. The topological polar surface area (TPSA) is 50.1 Å². The van der Waals surface area contributed by atoms with E-state index in [1.54, 1.807) is 0 Å². The molecule has 3 nitrogen and oxygen atoms in total. The van der Waals surface area contributed by atoms with Crippen molar-refractivity contribution in [2.45, 2.75) is 38.5 Å². The molecule has 0 saturated heterocycles. The smallest absolute Gasteiger partial charge is 0.308 e. The number of hydrogen-bond acceptors (Lipinski definition) is 3. The second-order valence-electron chi connectivity index (χ2n) is 5.04. The monoisotopic (exact) mass is 257 g/mol. The van der Waals surface area contributed by atoms with Crippen LogP contribution in [0.2, 0.25) is 0 Å². The van der Waals surface area contributed by atoms with Gasteiger partial charge in [-0.2, -0.15) is 5.26 Å². The largest absolute Gasteiger partial charge is 0.466 e. The van der Waals surface area contributed by atoms with E-state index in [4.69, 9.17) is 10.00 Å². The molecule has 1 aliphatic rings. The molecular weight excluding hydrogens is 238 g/mol. The third kappa shape index (κ3) is 3.35. The number of esters is 1. The average Bonchev–Trinajstić information content (AvgIpc) is 2.48. The molecule has 0 unspecified atom stereocenters. The summed E-state index contributed by atoms with van der Waals surface area (Å²) >= 11 is 0. The lowest BCUT2D eigenvalue weighted by molar-refractivity contribution is -0.149. The lowest BCUT2D eigenvalue weighted by Crippen LogP contribution is -2.23. The normalized spacial score (nSPS) is 22.5. The minimum atomic E-state index is -0.0493. The third-order valence-electron chi connectivity index (χ3n) is 3.83. The summed E-state index contributed by atoms with van der Waals surface area (Å²) in [4.78, 5) is 11.7. The van der Waals surface area contributed by atoms with Crippen LogP contribution >= 0.6 is 0 Å². The molecule has 19 heavy (non-hydrogen) atoms. The van der Waals surface area contributed by atoms with Gasteiger partial charge in [0.2, 0.25) is 0 Å². The highest BCUT2D eigenvalue weighted by Gasteiger charge is 2.27. The van der Waals surface area contributed by atoms with Gasteiger partial charge in [-0.25, -0.2) is 0 Å². The van der Waals surface area contributed by atoms with E-state index in [2.05, 4.69) is 12.1 Å². The van der Waals surface area contributed by atoms with Gasteiger partial charge in [-0.1, -0.05) is 12.1 Å². The number of carbonyl (C=O) groups excluding carboxylic acids is 1. The second kappa shape index (κ2) is 6.38. The molecular formula is C16H19NO2. The molecule has 0 radical (unpaired) electrons. The summed E-state index contributed by atoms with van der Waals surface area (Å²) in [6, 6.07) is 9.99. The summed E-state index contributed by atoms with van der Waals surface area (Å²) in [6.45, 7) is 2.31.